The van der Waals surface area contributed by atoms with Gasteiger partial charge in [0.1, 0.15) is 6.54 Å². The number of hydrogen-bond acceptors (Lipinski definition) is 2. The monoisotopic (exact) mass is 223 g/mol. The Kier molecular flexibility index (Phi) is 15.0. The summed E-state index contributed by atoms with van der Waals surface area (Å²) in [5, 5.41) is 8.52. The number of unbranched alkanes of at least 4 members (excludes halogenated alkanes) is 5. The third kappa shape index (κ3) is 11.9. The number of quaternary nitrogens is 1. The van der Waals surface area contributed by atoms with E-state index in [1.54, 1.807) is 0 Å². The van der Waals surface area contributed by atoms with E-state index in [1.807, 2.05) is 0 Å². The summed E-state index contributed by atoms with van der Waals surface area (Å²) in [6, 6.07) is 0. The van der Waals surface area contributed by atoms with E-state index in [4.69, 9.17) is 5.11 Å². The van der Waals surface area contributed by atoms with Gasteiger partial charge in [-0.2, -0.15) is 0 Å². The zero-order chi connectivity index (χ0) is 9.94. The third-order valence-electron chi connectivity index (χ3n) is 2.14. The number of carbonyl (C=O) groups excluding carboxylic acids is 1. The lowest BCUT2D eigenvalue weighted by Crippen LogP contribution is -3.00. The molecule has 4 heteroatoms. The summed E-state index contributed by atoms with van der Waals surface area (Å²) >= 11 is 0. The fraction of sp³-hybridized carbons (Fsp3) is 0.900. The number of Topliss-reactive ketones (excluding diaryl/α,β-unsaturated/α-hetero) is 1. The summed E-state index contributed by atoms with van der Waals surface area (Å²) < 4.78 is 0. The fourth-order valence-corrected chi connectivity index (χ4v) is 1.27. The molecule has 0 amide bonds. The molecule has 0 saturated heterocycles. The van der Waals surface area contributed by atoms with Crippen LogP contribution in [-0.2, 0) is 4.79 Å². The number of hydrogen-bond donors (Lipinski definition) is 2. The van der Waals surface area contributed by atoms with Crippen LogP contribution in [0.15, 0.2) is 0 Å². The van der Waals surface area contributed by atoms with Crippen molar-refractivity contribution in [3.8, 4) is 0 Å². The van der Waals surface area contributed by atoms with Crippen molar-refractivity contribution in [2.75, 3.05) is 13.2 Å². The number of rotatable bonds is 9. The first kappa shape index (κ1) is 16.3. The topological polar surface area (TPSA) is 64.9 Å². The molecule has 0 radical (unpaired) electrons. The molecule has 0 rings (SSSR count). The zero-order valence-corrected chi connectivity index (χ0v) is 9.56. The molecule has 0 aromatic rings. The van der Waals surface area contributed by atoms with Crippen LogP contribution in [0.4, 0.5) is 0 Å². The molecule has 0 bridgehead atoms. The highest BCUT2D eigenvalue weighted by atomic mass is 35.5. The molecule has 0 unspecified atom stereocenters. The predicted molar refractivity (Wildman–Crippen MR) is 52.2 cm³/mol. The minimum absolute atomic E-state index is 0. The van der Waals surface area contributed by atoms with Crippen LogP contribution in [0.25, 0.3) is 0 Å². The molecule has 0 aliphatic carbocycles. The van der Waals surface area contributed by atoms with E-state index in [-0.39, 0.29) is 18.2 Å². The van der Waals surface area contributed by atoms with E-state index in [1.165, 1.54) is 12.8 Å². The van der Waals surface area contributed by atoms with E-state index >= 15 is 0 Å². The summed E-state index contributed by atoms with van der Waals surface area (Å²) in [5.74, 6) is 0.273. The van der Waals surface area contributed by atoms with Crippen molar-refractivity contribution in [2.24, 2.45) is 0 Å². The second-order valence-corrected chi connectivity index (χ2v) is 3.38. The molecule has 0 aliphatic rings. The second kappa shape index (κ2) is 12.9. The van der Waals surface area contributed by atoms with E-state index in [0.717, 1.165) is 25.7 Å². The van der Waals surface area contributed by atoms with Crippen molar-refractivity contribution in [3.63, 3.8) is 0 Å². The Morgan fingerprint density at radius 1 is 1.00 bits per heavy atom. The molecule has 0 saturated carbocycles. The van der Waals surface area contributed by atoms with E-state index in [2.05, 4.69) is 5.73 Å². The SMILES string of the molecule is [Cl-].[NH3+]CC(=O)CCCCCCCCO. The first-order chi connectivity index (χ1) is 6.31. The van der Waals surface area contributed by atoms with Gasteiger partial charge >= 0.3 is 0 Å². The lowest BCUT2D eigenvalue weighted by atomic mass is 10.1. The van der Waals surface area contributed by atoms with Gasteiger partial charge in [-0.15, -0.1) is 0 Å². The van der Waals surface area contributed by atoms with Crippen molar-refractivity contribution in [1.82, 2.24) is 0 Å². The standard InChI is InChI=1S/C10H21NO2.ClH/c11-9-10(13)7-5-3-1-2-4-6-8-12;/h12H,1-9,11H2;1H. The number of halogens is 1. The molecule has 0 aliphatic heterocycles. The molecule has 0 spiro atoms. The third-order valence-corrected chi connectivity index (χ3v) is 2.14. The highest BCUT2D eigenvalue weighted by Gasteiger charge is 1.99. The highest BCUT2D eigenvalue weighted by molar-refractivity contribution is 5.78. The quantitative estimate of drug-likeness (QED) is 0.426. The molecule has 3 nitrogen and oxygen atoms in total. The first-order valence-electron chi connectivity index (χ1n) is 5.23. The molecule has 4 N–H and O–H groups in total. The van der Waals surface area contributed by atoms with Crippen molar-refractivity contribution in [3.05, 3.63) is 0 Å². The van der Waals surface area contributed by atoms with E-state index < -0.39 is 0 Å². The molecular formula is C10H22ClNO2. The van der Waals surface area contributed by atoms with Crippen LogP contribution in [0, 0.1) is 0 Å². The smallest absolute Gasteiger partial charge is 0.186 e. The molecule has 14 heavy (non-hydrogen) atoms. The number of ketones is 1. The normalized spacial score (nSPS) is 9.57. The maximum Gasteiger partial charge on any atom is 0.186 e. The molecule has 0 atom stereocenters. The van der Waals surface area contributed by atoms with Crippen LogP contribution in [-0.4, -0.2) is 24.0 Å². The fourth-order valence-electron chi connectivity index (χ4n) is 1.27. The second-order valence-electron chi connectivity index (χ2n) is 3.38. The van der Waals surface area contributed by atoms with Crippen molar-refractivity contribution in [2.45, 2.75) is 44.9 Å². The average molecular weight is 224 g/mol. The van der Waals surface area contributed by atoms with Gasteiger partial charge in [-0.1, -0.05) is 25.7 Å². The Morgan fingerprint density at radius 2 is 1.50 bits per heavy atom. The minimum Gasteiger partial charge on any atom is -1.00 e. The van der Waals surface area contributed by atoms with Crippen LogP contribution in [0.3, 0.4) is 0 Å². The Hall–Kier alpha value is -0.120. The van der Waals surface area contributed by atoms with Gasteiger partial charge < -0.3 is 23.2 Å². The van der Waals surface area contributed by atoms with Crippen LogP contribution < -0.4 is 18.1 Å². The summed E-state index contributed by atoms with van der Waals surface area (Å²) in [4.78, 5) is 10.9. The van der Waals surface area contributed by atoms with Gasteiger partial charge in [0, 0.05) is 13.0 Å². The van der Waals surface area contributed by atoms with Crippen LogP contribution in [0.1, 0.15) is 44.9 Å². The van der Waals surface area contributed by atoms with Gasteiger partial charge in [-0.05, 0) is 12.8 Å². The molecule has 0 heterocycles. The number of aliphatic hydroxyl groups excluding tert-OH is 1. The molecule has 0 aromatic heterocycles. The molecule has 0 fully saturated rings. The maximum absolute atomic E-state index is 10.9. The van der Waals surface area contributed by atoms with Gasteiger partial charge in [0.2, 0.25) is 0 Å². The van der Waals surface area contributed by atoms with Gasteiger partial charge in [-0.25, -0.2) is 0 Å². The molecular weight excluding hydrogens is 202 g/mol. The van der Waals surface area contributed by atoms with Crippen LogP contribution in [0.2, 0.25) is 0 Å². The summed E-state index contributed by atoms with van der Waals surface area (Å²) in [7, 11) is 0. The number of aliphatic hydroxyl groups is 1. The average Bonchev–Trinajstić information content (AvgIpc) is 2.16. The van der Waals surface area contributed by atoms with Gasteiger partial charge in [0.25, 0.3) is 0 Å². The van der Waals surface area contributed by atoms with Gasteiger partial charge in [-0.3, -0.25) is 4.79 Å². The Bertz CT molecular complexity index is 131. The Labute approximate surface area is 92.5 Å². The maximum atomic E-state index is 10.9. The van der Waals surface area contributed by atoms with Gasteiger partial charge in [0.05, 0.1) is 0 Å². The highest BCUT2D eigenvalue weighted by Crippen LogP contribution is 2.06. The largest absolute Gasteiger partial charge is 1.00 e. The van der Waals surface area contributed by atoms with Crippen LogP contribution >= 0.6 is 0 Å². The van der Waals surface area contributed by atoms with Crippen LogP contribution in [0.5, 0.6) is 0 Å². The lowest BCUT2D eigenvalue weighted by Gasteiger charge is -1.99. The first-order valence-corrected chi connectivity index (χ1v) is 5.23. The summed E-state index contributed by atoms with van der Waals surface area (Å²) in [6.07, 6.45) is 7.23. The lowest BCUT2D eigenvalue weighted by molar-refractivity contribution is -0.354. The molecule has 0 aromatic carbocycles. The van der Waals surface area contributed by atoms with E-state index in [0.29, 0.717) is 19.6 Å². The van der Waals surface area contributed by atoms with Crippen molar-refractivity contribution >= 4 is 5.78 Å². The van der Waals surface area contributed by atoms with Crippen molar-refractivity contribution in [1.29, 1.82) is 0 Å². The summed E-state index contributed by atoms with van der Waals surface area (Å²) in [6.45, 7) is 0.741. The Morgan fingerprint density at radius 3 is 2.00 bits per heavy atom. The predicted octanol–water partition coefficient (Wildman–Crippen LogP) is -2.48. The molecule has 86 valence electrons. The Balaban J connectivity index is 0. The van der Waals surface area contributed by atoms with E-state index in [9.17, 15) is 4.79 Å². The zero-order valence-electron chi connectivity index (χ0n) is 8.80. The summed E-state index contributed by atoms with van der Waals surface area (Å²) in [5.41, 5.74) is 3.55. The van der Waals surface area contributed by atoms with Crippen molar-refractivity contribution < 1.29 is 28.0 Å². The minimum atomic E-state index is 0. The number of carbonyl (C=O) groups is 1. The van der Waals surface area contributed by atoms with Gasteiger partial charge in [0.15, 0.2) is 5.78 Å².